The van der Waals surface area contributed by atoms with Gasteiger partial charge in [-0.1, -0.05) is 0 Å². The monoisotopic (exact) mass is 310 g/mol. The number of carboxylic acid groups (broad SMARTS) is 1. The molecule has 0 unspecified atom stereocenters. The first-order valence-electron chi connectivity index (χ1n) is 7.41. The number of hydrogen-bond acceptors (Lipinski definition) is 3. The van der Waals surface area contributed by atoms with Crippen molar-refractivity contribution in [1.29, 1.82) is 0 Å². The predicted molar refractivity (Wildman–Crippen MR) is 82.7 cm³/mol. The molecule has 0 aromatic heterocycles. The number of rotatable bonds is 10. The van der Waals surface area contributed by atoms with E-state index in [0.29, 0.717) is 19.0 Å². The van der Waals surface area contributed by atoms with Crippen molar-refractivity contribution in [3.63, 3.8) is 0 Å². The molecule has 5 heteroatoms. The molecular formula is C17H23FO4. The topological polar surface area (TPSA) is 55.8 Å². The van der Waals surface area contributed by atoms with E-state index in [4.69, 9.17) is 14.6 Å². The van der Waals surface area contributed by atoms with Gasteiger partial charge in [0, 0.05) is 6.07 Å². The van der Waals surface area contributed by atoms with Gasteiger partial charge >= 0.3 is 5.97 Å². The molecule has 0 aliphatic carbocycles. The van der Waals surface area contributed by atoms with E-state index in [2.05, 4.69) is 0 Å². The van der Waals surface area contributed by atoms with Crippen LogP contribution in [0.1, 0.15) is 49.9 Å². The van der Waals surface area contributed by atoms with Crippen LogP contribution >= 0.6 is 0 Å². The van der Waals surface area contributed by atoms with E-state index in [1.54, 1.807) is 6.26 Å². The van der Waals surface area contributed by atoms with Crippen molar-refractivity contribution in [2.45, 2.75) is 39.5 Å². The lowest BCUT2D eigenvalue weighted by molar-refractivity contribution is 0.0692. The Morgan fingerprint density at radius 3 is 2.45 bits per heavy atom. The highest BCUT2D eigenvalue weighted by Crippen LogP contribution is 2.17. The van der Waals surface area contributed by atoms with E-state index >= 15 is 0 Å². The molecule has 0 aliphatic rings. The zero-order chi connectivity index (χ0) is 16.4. The number of aromatic carboxylic acids is 1. The Hall–Kier alpha value is -2.04. The van der Waals surface area contributed by atoms with Crippen molar-refractivity contribution in [2.75, 3.05) is 13.2 Å². The second kappa shape index (κ2) is 9.82. The molecule has 4 nitrogen and oxygen atoms in total. The molecule has 1 aromatic rings. The predicted octanol–water partition coefficient (Wildman–Crippen LogP) is 4.40. The first kappa shape index (κ1) is 18.0. The summed E-state index contributed by atoms with van der Waals surface area (Å²) in [7, 11) is 0. The Morgan fingerprint density at radius 1 is 1.18 bits per heavy atom. The molecule has 0 fully saturated rings. The number of benzene rings is 1. The van der Waals surface area contributed by atoms with Crippen LogP contribution in [0.15, 0.2) is 30.0 Å². The Balaban J connectivity index is 2.14. The van der Waals surface area contributed by atoms with E-state index in [1.807, 2.05) is 13.8 Å². The second-order valence-electron chi connectivity index (χ2n) is 5.28. The minimum Gasteiger partial charge on any atom is -0.501 e. The van der Waals surface area contributed by atoms with Crippen LogP contribution in [0.3, 0.4) is 0 Å². The Kier molecular flexibility index (Phi) is 8.04. The van der Waals surface area contributed by atoms with Crippen LogP contribution < -0.4 is 4.74 Å². The lowest BCUT2D eigenvalue weighted by atomic mass is 10.2. The largest absolute Gasteiger partial charge is 0.501 e. The van der Waals surface area contributed by atoms with Crippen molar-refractivity contribution in [3.8, 4) is 5.75 Å². The molecule has 22 heavy (non-hydrogen) atoms. The van der Waals surface area contributed by atoms with Crippen LogP contribution in [0.5, 0.6) is 5.75 Å². The first-order valence-corrected chi connectivity index (χ1v) is 7.41. The fourth-order valence-corrected chi connectivity index (χ4v) is 1.82. The highest BCUT2D eigenvalue weighted by atomic mass is 19.1. The average molecular weight is 310 g/mol. The van der Waals surface area contributed by atoms with Crippen molar-refractivity contribution in [1.82, 2.24) is 0 Å². The third-order valence-corrected chi connectivity index (χ3v) is 2.92. The van der Waals surface area contributed by atoms with Gasteiger partial charge in [-0.05, 0) is 57.2 Å². The van der Waals surface area contributed by atoms with E-state index < -0.39 is 11.8 Å². The third kappa shape index (κ3) is 7.11. The molecule has 1 N–H and O–H groups in total. The summed E-state index contributed by atoms with van der Waals surface area (Å²) < 4.78 is 24.2. The van der Waals surface area contributed by atoms with Crippen molar-refractivity contribution in [3.05, 3.63) is 41.4 Å². The van der Waals surface area contributed by atoms with Crippen LogP contribution in [-0.2, 0) is 4.74 Å². The SMILES string of the molecule is CC(C)=COCCCCCCOc1ccc(C(=O)O)c(F)c1. The van der Waals surface area contributed by atoms with Gasteiger partial charge in [0.05, 0.1) is 25.0 Å². The standard InChI is InChI=1S/C17H23FO4/c1-13(2)12-21-9-5-3-4-6-10-22-14-7-8-15(17(19)20)16(18)11-14/h7-8,11-12H,3-6,9-10H2,1-2H3,(H,19,20). The fourth-order valence-electron chi connectivity index (χ4n) is 1.82. The summed E-state index contributed by atoms with van der Waals surface area (Å²) in [5.74, 6) is -1.70. The number of unbranched alkanes of at least 4 members (excludes halogenated alkanes) is 3. The molecule has 0 spiro atoms. The van der Waals surface area contributed by atoms with Crippen molar-refractivity contribution < 1.29 is 23.8 Å². The highest BCUT2D eigenvalue weighted by molar-refractivity contribution is 5.88. The molecular weight excluding hydrogens is 287 g/mol. The Labute approximate surface area is 130 Å². The van der Waals surface area contributed by atoms with E-state index in [1.165, 1.54) is 12.1 Å². The number of ether oxygens (including phenoxy) is 2. The minimum atomic E-state index is -1.28. The van der Waals surface area contributed by atoms with Gasteiger partial charge in [0.2, 0.25) is 0 Å². The summed E-state index contributed by atoms with van der Waals surface area (Å²) in [5, 5.41) is 8.73. The molecule has 122 valence electrons. The second-order valence-corrected chi connectivity index (χ2v) is 5.28. The summed E-state index contributed by atoms with van der Waals surface area (Å²) >= 11 is 0. The van der Waals surface area contributed by atoms with Crippen molar-refractivity contribution >= 4 is 5.97 Å². The quantitative estimate of drug-likeness (QED) is 0.514. The van der Waals surface area contributed by atoms with E-state index in [-0.39, 0.29) is 5.56 Å². The molecule has 0 amide bonds. The maximum absolute atomic E-state index is 13.4. The van der Waals surface area contributed by atoms with Crippen LogP contribution in [0.25, 0.3) is 0 Å². The number of carboxylic acids is 1. The lowest BCUT2D eigenvalue weighted by Gasteiger charge is -2.07. The minimum absolute atomic E-state index is 0.344. The number of halogens is 1. The molecule has 1 aromatic carbocycles. The maximum Gasteiger partial charge on any atom is 0.338 e. The van der Waals surface area contributed by atoms with Crippen LogP contribution in [0, 0.1) is 5.82 Å². The summed E-state index contributed by atoms with van der Waals surface area (Å²) in [4.78, 5) is 10.7. The fraction of sp³-hybridized carbons (Fsp3) is 0.471. The summed E-state index contributed by atoms with van der Waals surface area (Å²) in [5.41, 5.74) is 0.804. The van der Waals surface area contributed by atoms with Crippen LogP contribution in [-0.4, -0.2) is 24.3 Å². The smallest absolute Gasteiger partial charge is 0.338 e. The third-order valence-electron chi connectivity index (χ3n) is 2.92. The zero-order valence-corrected chi connectivity index (χ0v) is 13.1. The molecule has 1 rings (SSSR count). The van der Waals surface area contributed by atoms with Gasteiger partial charge in [-0.3, -0.25) is 0 Å². The maximum atomic E-state index is 13.4. The number of carbonyl (C=O) groups is 1. The average Bonchev–Trinajstić information content (AvgIpc) is 2.44. The molecule has 0 saturated heterocycles. The Morgan fingerprint density at radius 2 is 1.86 bits per heavy atom. The van der Waals surface area contributed by atoms with Crippen molar-refractivity contribution in [2.24, 2.45) is 0 Å². The molecule has 0 aliphatic heterocycles. The summed E-state index contributed by atoms with van der Waals surface area (Å²) in [6, 6.07) is 3.80. The highest BCUT2D eigenvalue weighted by Gasteiger charge is 2.10. The van der Waals surface area contributed by atoms with Gasteiger partial charge in [-0.15, -0.1) is 0 Å². The molecule has 0 radical (unpaired) electrons. The summed E-state index contributed by atoms with van der Waals surface area (Å²) in [6.07, 6.45) is 5.68. The van der Waals surface area contributed by atoms with Gasteiger partial charge < -0.3 is 14.6 Å². The van der Waals surface area contributed by atoms with Gasteiger partial charge in [-0.25, -0.2) is 9.18 Å². The normalized spacial score (nSPS) is 10.1. The van der Waals surface area contributed by atoms with E-state index in [9.17, 15) is 9.18 Å². The zero-order valence-electron chi connectivity index (χ0n) is 13.1. The van der Waals surface area contributed by atoms with Crippen LogP contribution in [0.2, 0.25) is 0 Å². The number of allylic oxidation sites excluding steroid dienone is 1. The molecule has 0 saturated carbocycles. The van der Waals surface area contributed by atoms with Crippen LogP contribution in [0.4, 0.5) is 4.39 Å². The van der Waals surface area contributed by atoms with Gasteiger partial charge in [0.25, 0.3) is 0 Å². The van der Waals surface area contributed by atoms with Gasteiger partial charge in [-0.2, -0.15) is 0 Å². The molecule has 0 heterocycles. The summed E-state index contributed by atoms with van der Waals surface area (Å²) in [6.45, 7) is 5.18. The lowest BCUT2D eigenvalue weighted by Crippen LogP contribution is -2.02. The van der Waals surface area contributed by atoms with E-state index in [0.717, 1.165) is 37.3 Å². The first-order chi connectivity index (χ1) is 10.5. The van der Waals surface area contributed by atoms with Gasteiger partial charge in [0.15, 0.2) is 0 Å². The Bertz CT molecular complexity index is 507. The van der Waals surface area contributed by atoms with Gasteiger partial charge in [0.1, 0.15) is 11.6 Å². The molecule has 0 atom stereocenters. The molecule has 0 bridgehead atoms. The number of hydrogen-bond donors (Lipinski definition) is 1.